The molecule has 128 valence electrons. The molecular formula is C19H19ClN4O. The van der Waals surface area contributed by atoms with E-state index in [1.54, 1.807) is 0 Å². The molecule has 5 nitrogen and oxygen atoms in total. The van der Waals surface area contributed by atoms with Gasteiger partial charge < -0.3 is 15.0 Å². The highest BCUT2D eigenvalue weighted by Crippen LogP contribution is 2.26. The first-order valence-corrected chi connectivity index (χ1v) is 8.75. The van der Waals surface area contributed by atoms with Gasteiger partial charge in [-0.3, -0.25) is 0 Å². The number of rotatable bonds is 4. The number of nitrogens with zero attached hydrogens (tertiary/aromatic N) is 3. The Bertz CT molecular complexity index is 863. The molecule has 0 bridgehead atoms. The molecule has 0 radical (unpaired) electrons. The SMILES string of the molecule is Clc1ccc(CNc2nc(N3CCOCC3)c3ccccc3n2)cc1. The van der Waals surface area contributed by atoms with Crippen LogP contribution in [0, 0.1) is 0 Å². The monoisotopic (exact) mass is 354 g/mol. The van der Waals surface area contributed by atoms with Crippen molar-refractivity contribution in [3.8, 4) is 0 Å². The summed E-state index contributed by atoms with van der Waals surface area (Å²) in [6.45, 7) is 3.80. The van der Waals surface area contributed by atoms with E-state index in [9.17, 15) is 0 Å². The van der Waals surface area contributed by atoms with Gasteiger partial charge in [0, 0.05) is 30.0 Å². The Balaban J connectivity index is 1.63. The van der Waals surface area contributed by atoms with Crippen LogP contribution in [0.2, 0.25) is 5.02 Å². The summed E-state index contributed by atoms with van der Waals surface area (Å²) in [5, 5.41) is 5.14. The summed E-state index contributed by atoms with van der Waals surface area (Å²) in [6.07, 6.45) is 0. The molecule has 1 fully saturated rings. The van der Waals surface area contributed by atoms with Crippen molar-refractivity contribution in [3.05, 3.63) is 59.1 Å². The van der Waals surface area contributed by atoms with Crippen LogP contribution in [0.15, 0.2) is 48.5 Å². The molecule has 3 aromatic rings. The molecule has 0 aliphatic carbocycles. The normalized spacial score (nSPS) is 14.7. The lowest BCUT2D eigenvalue weighted by Gasteiger charge is -2.29. The molecule has 0 unspecified atom stereocenters. The molecule has 2 heterocycles. The Morgan fingerprint density at radius 3 is 2.56 bits per heavy atom. The van der Waals surface area contributed by atoms with Crippen molar-refractivity contribution in [1.82, 2.24) is 9.97 Å². The molecule has 0 atom stereocenters. The fraction of sp³-hybridized carbons (Fsp3) is 0.263. The summed E-state index contributed by atoms with van der Waals surface area (Å²) in [6, 6.07) is 15.9. The predicted octanol–water partition coefficient (Wildman–Crippen LogP) is 3.73. The van der Waals surface area contributed by atoms with Crippen molar-refractivity contribution < 1.29 is 4.74 Å². The molecule has 1 saturated heterocycles. The molecule has 25 heavy (non-hydrogen) atoms. The van der Waals surface area contributed by atoms with Gasteiger partial charge in [-0.15, -0.1) is 0 Å². The third-order valence-electron chi connectivity index (χ3n) is 4.26. The molecular weight excluding hydrogens is 336 g/mol. The minimum Gasteiger partial charge on any atom is -0.378 e. The maximum atomic E-state index is 5.94. The van der Waals surface area contributed by atoms with Gasteiger partial charge in [0.2, 0.25) is 5.95 Å². The summed E-state index contributed by atoms with van der Waals surface area (Å²) < 4.78 is 5.47. The number of nitrogens with one attached hydrogen (secondary N) is 1. The second-order valence-corrected chi connectivity index (χ2v) is 6.40. The van der Waals surface area contributed by atoms with Gasteiger partial charge in [-0.25, -0.2) is 4.98 Å². The molecule has 0 spiro atoms. The van der Waals surface area contributed by atoms with Crippen LogP contribution < -0.4 is 10.2 Å². The second kappa shape index (κ2) is 7.25. The van der Waals surface area contributed by atoms with Crippen LogP contribution in [0.4, 0.5) is 11.8 Å². The molecule has 2 aromatic carbocycles. The number of benzene rings is 2. The van der Waals surface area contributed by atoms with E-state index in [1.807, 2.05) is 42.5 Å². The lowest BCUT2D eigenvalue weighted by Crippen LogP contribution is -2.37. The van der Waals surface area contributed by atoms with Crippen LogP contribution in [0.1, 0.15) is 5.56 Å². The number of fused-ring (bicyclic) bond motifs is 1. The van der Waals surface area contributed by atoms with Crippen LogP contribution in [-0.2, 0) is 11.3 Å². The highest BCUT2D eigenvalue weighted by atomic mass is 35.5. The van der Waals surface area contributed by atoms with Gasteiger partial charge in [0.05, 0.1) is 18.7 Å². The summed E-state index contributed by atoms with van der Waals surface area (Å²) in [7, 11) is 0. The van der Waals surface area contributed by atoms with E-state index >= 15 is 0 Å². The molecule has 4 rings (SSSR count). The first-order chi connectivity index (χ1) is 12.3. The van der Waals surface area contributed by atoms with Crippen molar-refractivity contribution in [2.24, 2.45) is 0 Å². The zero-order valence-electron chi connectivity index (χ0n) is 13.8. The van der Waals surface area contributed by atoms with E-state index < -0.39 is 0 Å². The average molecular weight is 355 g/mol. The van der Waals surface area contributed by atoms with Crippen molar-refractivity contribution in [1.29, 1.82) is 0 Å². The maximum Gasteiger partial charge on any atom is 0.225 e. The van der Waals surface area contributed by atoms with Crippen molar-refractivity contribution in [2.75, 3.05) is 36.5 Å². The number of hydrogen-bond acceptors (Lipinski definition) is 5. The van der Waals surface area contributed by atoms with Gasteiger partial charge in [0.25, 0.3) is 0 Å². The van der Waals surface area contributed by atoms with Gasteiger partial charge in [0.15, 0.2) is 0 Å². The van der Waals surface area contributed by atoms with Crippen LogP contribution in [0.5, 0.6) is 0 Å². The predicted molar refractivity (Wildman–Crippen MR) is 101 cm³/mol. The van der Waals surface area contributed by atoms with Crippen molar-refractivity contribution in [2.45, 2.75) is 6.54 Å². The largest absolute Gasteiger partial charge is 0.378 e. The van der Waals surface area contributed by atoms with Crippen LogP contribution in [-0.4, -0.2) is 36.3 Å². The number of aromatic nitrogens is 2. The summed E-state index contributed by atoms with van der Waals surface area (Å²) in [5.74, 6) is 1.60. The van der Waals surface area contributed by atoms with E-state index in [-0.39, 0.29) is 0 Å². The Labute approximate surface area is 151 Å². The minimum atomic E-state index is 0.634. The zero-order valence-corrected chi connectivity index (χ0v) is 14.5. The lowest BCUT2D eigenvalue weighted by atomic mass is 10.2. The lowest BCUT2D eigenvalue weighted by molar-refractivity contribution is 0.122. The van der Waals surface area contributed by atoms with Gasteiger partial charge in [-0.1, -0.05) is 35.9 Å². The first-order valence-electron chi connectivity index (χ1n) is 8.37. The molecule has 1 N–H and O–H groups in total. The van der Waals surface area contributed by atoms with Gasteiger partial charge in [-0.05, 0) is 29.8 Å². The second-order valence-electron chi connectivity index (χ2n) is 5.97. The topological polar surface area (TPSA) is 50.3 Å². The summed E-state index contributed by atoms with van der Waals surface area (Å²) >= 11 is 5.94. The number of hydrogen-bond donors (Lipinski definition) is 1. The molecule has 0 amide bonds. The number of para-hydroxylation sites is 1. The van der Waals surface area contributed by atoms with Crippen molar-refractivity contribution in [3.63, 3.8) is 0 Å². The highest BCUT2D eigenvalue weighted by Gasteiger charge is 2.17. The number of halogens is 1. The van der Waals surface area contributed by atoms with E-state index in [2.05, 4.69) is 21.3 Å². The first kappa shape index (κ1) is 16.1. The van der Waals surface area contributed by atoms with Crippen LogP contribution >= 0.6 is 11.6 Å². The van der Waals surface area contributed by atoms with Gasteiger partial charge >= 0.3 is 0 Å². The van der Waals surface area contributed by atoms with Crippen LogP contribution in [0.25, 0.3) is 10.9 Å². The van der Waals surface area contributed by atoms with Gasteiger partial charge in [0.1, 0.15) is 5.82 Å². The zero-order chi connectivity index (χ0) is 17.1. The van der Waals surface area contributed by atoms with E-state index in [4.69, 9.17) is 21.3 Å². The Morgan fingerprint density at radius 1 is 1.00 bits per heavy atom. The summed E-state index contributed by atoms with van der Waals surface area (Å²) in [5.41, 5.74) is 2.08. The van der Waals surface area contributed by atoms with E-state index in [1.165, 1.54) is 0 Å². The Hall–Kier alpha value is -2.37. The third kappa shape index (κ3) is 3.67. The quantitative estimate of drug-likeness (QED) is 0.773. The average Bonchev–Trinajstić information content (AvgIpc) is 2.67. The van der Waals surface area contributed by atoms with E-state index in [0.29, 0.717) is 12.5 Å². The fourth-order valence-electron chi connectivity index (χ4n) is 2.94. The number of morpholine rings is 1. The fourth-order valence-corrected chi connectivity index (χ4v) is 3.06. The third-order valence-corrected chi connectivity index (χ3v) is 4.51. The molecule has 1 aromatic heterocycles. The van der Waals surface area contributed by atoms with Crippen LogP contribution in [0.3, 0.4) is 0 Å². The highest BCUT2D eigenvalue weighted by molar-refractivity contribution is 6.30. The Kier molecular flexibility index (Phi) is 4.68. The molecule has 1 aliphatic rings. The molecule has 0 saturated carbocycles. The van der Waals surface area contributed by atoms with Crippen molar-refractivity contribution >= 4 is 34.3 Å². The smallest absolute Gasteiger partial charge is 0.225 e. The number of anilines is 2. The van der Waals surface area contributed by atoms with E-state index in [0.717, 1.165) is 53.6 Å². The molecule has 6 heteroatoms. The number of ether oxygens (including phenoxy) is 1. The summed E-state index contributed by atoms with van der Waals surface area (Å²) in [4.78, 5) is 11.7. The maximum absolute atomic E-state index is 5.94. The minimum absolute atomic E-state index is 0.634. The Morgan fingerprint density at radius 2 is 1.76 bits per heavy atom. The standard InChI is InChI=1S/C19H19ClN4O/c20-15-7-5-14(6-8-15)13-21-19-22-17-4-2-1-3-16(17)18(23-19)24-9-11-25-12-10-24/h1-8H,9-13H2,(H,21,22,23). The molecule has 1 aliphatic heterocycles. The van der Waals surface area contributed by atoms with Gasteiger partial charge in [-0.2, -0.15) is 4.98 Å².